The van der Waals surface area contributed by atoms with Gasteiger partial charge in [-0.05, 0) is 24.1 Å². The number of carbonyl (C=O) groups excluding carboxylic acids is 1. The molecule has 0 unspecified atom stereocenters. The summed E-state index contributed by atoms with van der Waals surface area (Å²) in [5, 5.41) is 21.9. The van der Waals surface area contributed by atoms with E-state index in [1.807, 2.05) is 0 Å². The number of aromatic hydroxyl groups is 1. The number of rotatable bonds is 7. The van der Waals surface area contributed by atoms with Crippen LogP contribution < -0.4 is 10.9 Å². The number of anilines is 1. The highest BCUT2D eigenvalue weighted by Gasteiger charge is 2.34. The number of hydrogen-bond acceptors (Lipinski definition) is 6. The van der Waals surface area contributed by atoms with E-state index in [-0.39, 0.29) is 11.1 Å². The molecule has 0 saturated heterocycles. The third-order valence-corrected chi connectivity index (χ3v) is 4.86. The van der Waals surface area contributed by atoms with Gasteiger partial charge in [-0.1, -0.05) is 42.5 Å². The van der Waals surface area contributed by atoms with E-state index in [0.29, 0.717) is 5.56 Å². The number of aryl methyl sites for hydroxylation is 1. The fourth-order valence-electron chi connectivity index (χ4n) is 3.21. The maximum atomic E-state index is 13.3. The lowest BCUT2D eigenvalue weighted by molar-refractivity contribution is -0.140. The van der Waals surface area contributed by atoms with Gasteiger partial charge in [0, 0.05) is 12.0 Å². The van der Waals surface area contributed by atoms with Crippen molar-refractivity contribution in [2.45, 2.75) is 25.6 Å². The van der Waals surface area contributed by atoms with E-state index in [2.05, 4.69) is 15.3 Å². The number of aliphatic carboxylic acids is 1. The second-order valence-corrected chi connectivity index (χ2v) is 7.15. The van der Waals surface area contributed by atoms with E-state index in [1.165, 1.54) is 18.2 Å². The normalized spacial score (nSPS) is 12.2. The Bertz CT molecular complexity index is 1270. The van der Waals surface area contributed by atoms with Crippen LogP contribution in [0.5, 0.6) is 5.75 Å². The average molecular weight is 461 g/mol. The van der Waals surface area contributed by atoms with Gasteiger partial charge in [-0.2, -0.15) is 13.2 Å². The summed E-state index contributed by atoms with van der Waals surface area (Å²) in [4.78, 5) is 42.6. The number of hydrogen-bond donors (Lipinski definition) is 4. The van der Waals surface area contributed by atoms with E-state index in [9.17, 15) is 37.8 Å². The van der Waals surface area contributed by atoms with Crippen LogP contribution in [0.3, 0.4) is 0 Å². The molecule has 33 heavy (non-hydrogen) atoms. The zero-order valence-corrected chi connectivity index (χ0v) is 17.1. The Morgan fingerprint density at radius 3 is 2.39 bits per heavy atom. The highest BCUT2D eigenvalue weighted by Crippen LogP contribution is 2.32. The molecule has 1 atom stereocenters. The maximum Gasteiger partial charge on any atom is 0.416 e. The van der Waals surface area contributed by atoms with Crippen LogP contribution in [0.1, 0.15) is 32.7 Å². The summed E-state index contributed by atoms with van der Waals surface area (Å²) >= 11 is 0. The highest BCUT2D eigenvalue weighted by molar-refractivity contribution is 6.10. The SMILES string of the molecule is Cc1ccccc1C(=O)c1nc(N[C@@H](Cc2ccccc2C(F)(F)F)C(=O)O)[nH]c(=O)c1O. The van der Waals surface area contributed by atoms with E-state index < -0.39 is 58.9 Å². The quantitative estimate of drug-likeness (QED) is 0.398. The summed E-state index contributed by atoms with van der Waals surface area (Å²) in [6.07, 6.45) is -5.30. The number of nitrogens with zero attached hydrogens (tertiary/aromatic N) is 1. The molecule has 0 aliphatic heterocycles. The fraction of sp³-hybridized carbons (Fsp3) is 0.182. The summed E-state index contributed by atoms with van der Waals surface area (Å²) in [6.45, 7) is 1.63. The number of benzene rings is 2. The molecule has 0 bridgehead atoms. The number of aromatic nitrogens is 2. The summed E-state index contributed by atoms with van der Waals surface area (Å²) in [6, 6.07) is 9.19. The molecule has 172 valence electrons. The van der Waals surface area contributed by atoms with E-state index in [1.54, 1.807) is 25.1 Å². The van der Waals surface area contributed by atoms with Gasteiger partial charge < -0.3 is 15.5 Å². The largest absolute Gasteiger partial charge is 0.501 e. The third-order valence-electron chi connectivity index (χ3n) is 4.86. The van der Waals surface area contributed by atoms with Crippen molar-refractivity contribution in [3.05, 3.63) is 86.8 Å². The molecule has 0 aliphatic rings. The van der Waals surface area contributed by atoms with Crippen LogP contribution in [0, 0.1) is 6.92 Å². The molecular weight excluding hydrogens is 443 g/mol. The molecule has 2 aromatic carbocycles. The third kappa shape index (κ3) is 5.20. The molecular formula is C22H18F3N3O5. The maximum absolute atomic E-state index is 13.3. The van der Waals surface area contributed by atoms with Crippen LogP contribution in [0.25, 0.3) is 0 Å². The van der Waals surface area contributed by atoms with Crippen molar-refractivity contribution in [1.82, 2.24) is 9.97 Å². The fourth-order valence-corrected chi connectivity index (χ4v) is 3.21. The average Bonchev–Trinajstić information content (AvgIpc) is 2.75. The Morgan fingerprint density at radius 2 is 1.76 bits per heavy atom. The minimum Gasteiger partial charge on any atom is -0.501 e. The Balaban J connectivity index is 1.97. The number of H-pyrrole nitrogens is 1. The summed E-state index contributed by atoms with van der Waals surface area (Å²) < 4.78 is 39.8. The molecule has 0 spiro atoms. The highest BCUT2D eigenvalue weighted by atomic mass is 19.4. The lowest BCUT2D eigenvalue weighted by Crippen LogP contribution is -2.34. The number of carboxylic acid groups (broad SMARTS) is 1. The molecule has 0 radical (unpaired) electrons. The lowest BCUT2D eigenvalue weighted by Gasteiger charge is -2.18. The van der Waals surface area contributed by atoms with Crippen LogP contribution in [-0.2, 0) is 17.4 Å². The first-order valence-electron chi connectivity index (χ1n) is 9.57. The van der Waals surface area contributed by atoms with Gasteiger partial charge in [-0.3, -0.25) is 14.6 Å². The monoisotopic (exact) mass is 461 g/mol. The number of carboxylic acids is 1. The van der Waals surface area contributed by atoms with Crippen LogP contribution in [0.4, 0.5) is 19.1 Å². The smallest absolute Gasteiger partial charge is 0.416 e. The Hall–Kier alpha value is -4.15. The van der Waals surface area contributed by atoms with Crippen LogP contribution in [-0.4, -0.2) is 38.0 Å². The van der Waals surface area contributed by atoms with Gasteiger partial charge in [0.25, 0.3) is 5.56 Å². The molecule has 4 N–H and O–H groups in total. The number of alkyl halides is 3. The molecule has 11 heteroatoms. The summed E-state index contributed by atoms with van der Waals surface area (Å²) in [5.41, 5.74) is -2.33. The van der Waals surface area contributed by atoms with Crippen LogP contribution >= 0.6 is 0 Å². The van der Waals surface area contributed by atoms with Crippen molar-refractivity contribution in [3.8, 4) is 5.75 Å². The molecule has 8 nitrogen and oxygen atoms in total. The van der Waals surface area contributed by atoms with Crippen LogP contribution in [0.15, 0.2) is 53.3 Å². The van der Waals surface area contributed by atoms with Crippen molar-refractivity contribution in [1.29, 1.82) is 0 Å². The molecule has 1 aromatic heterocycles. The predicted octanol–water partition coefficient (Wildman–Crippen LogP) is 3.14. The molecule has 0 fully saturated rings. The lowest BCUT2D eigenvalue weighted by atomic mass is 10.00. The van der Waals surface area contributed by atoms with Gasteiger partial charge in [0.2, 0.25) is 17.5 Å². The Morgan fingerprint density at radius 1 is 1.12 bits per heavy atom. The van der Waals surface area contributed by atoms with Gasteiger partial charge in [-0.25, -0.2) is 9.78 Å². The van der Waals surface area contributed by atoms with Crippen molar-refractivity contribution in [2.75, 3.05) is 5.32 Å². The van der Waals surface area contributed by atoms with Crippen LogP contribution in [0.2, 0.25) is 0 Å². The van der Waals surface area contributed by atoms with E-state index >= 15 is 0 Å². The first-order chi connectivity index (χ1) is 15.5. The van der Waals surface area contributed by atoms with Crippen molar-refractivity contribution in [2.24, 2.45) is 0 Å². The zero-order chi connectivity index (χ0) is 24.3. The van der Waals surface area contributed by atoms with Crippen molar-refractivity contribution >= 4 is 17.7 Å². The summed E-state index contributed by atoms with van der Waals surface area (Å²) in [7, 11) is 0. The molecule has 3 aromatic rings. The second-order valence-electron chi connectivity index (χ2n) is 7.15. The van der Waals surface area contributed by atoms with E-state index in [0.717, 1.165) is 12.1 Å². The van der Waals surface area contributed by atoms with Gasteiger partial charge in [0.15, 0.2) is 5.69 Å². The Kier molecular flexibility index (Phi) is 6.52. The van der Waals surface area contributed by atoms with E-state index in [4.69, 9.17) is 0 Å². The van der Waals surface area contributed by atoms with Gasteiger partial charge in [0.1, 0.15) is 6.04 Å². The number of carbonyl (C=O) groups is 2. The summed E-state index contributed by atoms with van der Waals surface area (Å²) in [5.74, 6) is -3.77. The number of halogens is 3. The zero-order valence-electron chi connectivity index (χ0n) is 17.1. The second kappa shape index (κ2) is 9.15. The number of ketones is 1. The van der Waals surface area contributed by atoms with Crippen molar-refractivity contribution < 1.29 is 33.0 Å². The molecule has 3 rings (SSSR count). The molecule has 0 amide bonds. The topological polar surface area (TPSA) is 132 Å². The van der Waals surface area contributed by atoms with Crippen molar-refractivity contribution in [3.63, 3.8) is 0 Å². The van der Waals surface area contributed by atoms with Gasteiger partial charge >= 0.3 is 12.1 Å². The predicted molar refractivity (Wildman–Crippen MR) is 111 cm³/mol. The first-order valence-corrected chi connectivity index (χ1v) is 9.57. The molecule has 1 heterocycles. The minimum atomic E-state index is -4.70. The molecule has 0 aliphatic carbocycles. The van der Waals surface area contributed by atoms with Gasteiger partial charge in [0.05, 0.1) is 5.56 Å². The minimum absolute atomic E-state index is 0.158. The Labute approximate surface area is 184 Å². The molecule has 0 saturated carbocycles. The standard InChI is InChI=1S/C22H18F3N3O5/c1-11-6-2-4-8-13(11)17(29)16-18(30)19(31)28-21(27-16)26-15(20(32)33)10-12-7-3-5-9-14(12)22(23,24)25/h2-9,15,30H,10H2,1H3,(H,32,33)(H2,26,27,28,31)/t15-/m0/s1. The number of nitrogens with one attached hydrogen (secondary N) is 2. The van der Waals surface area contributed by atoms with Gasteiger partial charge in [-0.15, -0.1) is 0 Å². The number of aromatic amines is 1. The first kappa shape index (κ1) is 23.5.